The van der Waals surface area contributed by atoms with Gasteiger partial charge in [0.1, 0.15) is 11.3 Å². The molecular weight excluding hydrogens is 219 g/mol. The van der Waals surface area contributed by atoms with Crippen molar-refractivity contribution in [2.75, 3.05) is 13.1 Å². The summed E-state index contributed by atoms with van der Waals surface area (Å²) >= 11 is 0. The van der Waals surface area contributed by atoms with Crippen molar-refractivity contribution in [3.05, 3.63) is 29.9 Å². The molecule has 0 radical (unpaired) electrons. The smallest absolute Gasteiger partial charge is 0.195 e. The summed E-state index contributed by atoms with van der Waals surface area (Å²) in [5.41, 5.74) is 1.29. The van der Waals surface area contributed by atoms with Gasteiger partial charge in [-0.15, -0.1) is 0 Å². The first-order valence-corrected chi connectivity index (χ1v) is 6.07. The third-order valence-electron chi connectivity index (χ3n) is 3.26. The zero-order valence-corrected chi connectivity index (χ0v) is 9.58. The Bertz CT molecular complexity index is 517. The number of benzene rings is 1. The standard InChI is InChI=1S/C13H15FN2O/c14-10-3-4-12-11(7-10)16-13(17-12)6-9-2-1-5-15-8-9/h3-4,7,9,15H,1-2,5-6,8H2. The Morgan fingerprint density at radius 2 is 2.41 bits per heavy atom. The average molecular weight is 234 g/mol. The maximum absolute atomic E-state index is 13.0. The Morgan fingerprint density at radius 1 is 1.47 bits per heavy atom. The molecule has 3 nitrogen and oxygen atoms in total. The number of rotatable bonds is 2. The summed E-state index contributed by atoms with van der Waals surface area (Å²) in [6, 6.07) is 4.46. The number of oxazole rings is 1. The van der Waals surface area contributed by atoms with Gasteiger partial charge in [-0.1, -0.05) is 0 Å². The van der Waals surface area contributed by atoms with Crippen LogP contribution in [0.15, 0.2) is 22.6 Å². The van der Waals surface area contributed by atoms with Crippen LogP contribution in [0.2, 0.25) is 0 Å². The van der Waals surface area contributed by atoms with Crippen LogP contribution >= 0.6 is 0 Å². The molecule has 1 aliphatic rings. The molecular formula is C13H15FN2O. The van der Waals surface area contributed by atoms with Gasteiger partial charge in [-0.3, -0.25) is 0 Å². The first kappa shape index (κ1) is 10.7. The summed E-state index contributed by atoms with van der Waals surface area (Å²) in [6.45, 7) is 2.13. The molecule has 1 atom stereocenters. The summed E-state index contributed by atoms with van der Waals surface area (Å²) in [6.07, 6.45) is 3.25. The minimum Gasteiger partial charge on any atom is -0.441 e. The molecule has 1 saturated heterocycles. The van der Waals surface area contributed by atoms with E-state index in [-0.39, 0.29) is 5.82 Å². The molecule has 2 heterocycles. The fourth-order valence-corrected chi connectivity index (χ4v) is 2.38. The van der Waals surface area contributed by atoms with E-state index in [0.29, 0.717) is 17.0 Å². The van der Waals surface area contributed by atoms with Crippen molar-refractivity contribution in [1.29, 1.82) is 0 Å². The number of hydrogen-bond donors (Lipinski definition) is 1. The predicted octanol–water partition coefficient (Wildman–Crippen LogP) is 2.51. The van der Waals surface area contributed by atoms with E-state index in [9.17, 15) is 4.39 Å². The van der Waals surface area contributed by atoms with Crippen molar-refractivity contribution >= 4 is 11.1 Å². The molecule has 0 amide bonds. The third-order valence-corrected chi connectivity index (χ3v) is 3.26. The van der Waals surface area contributed by atoms with Crippen LogP contribution in [0, 0.1) is 11.7 Å². The van der Waals surface area contributed by atoms with Crippen LogP contribution in [0.5, 0.6) is 0 Å². The number of halogens is 1. The molecule has 1 aromatic heterocycles. The van der Waals surface area contributed by atoms with Crippen LogP contribution in [0.3, 0.4) is 0 Å². The van der Waals surface area contributed by atoms with Crippen LogP contribution in [-0.4, -0.2) is 18.1 Å². The van der Waals surface area contributed by atoms with Crippen molar-refractivity contribution in [1.82, 2.24) is 10.3 Å². The van der Waals surface area contributed by atoms with E-state index >= 15 is 0 Å². The molecule has 1 aliphatic heterocycles. The minimum atomic E-state index is -0.267. The van der Waals surface area contributed by atoms with Crippen molar-refractivity contribution in [3.8, 4) is 0 Å². The van der Waals surface area contributed by atoms with Gasteiger partial charge in [0.05, 0.1) is 0 Å². The quantitative estimate of drug-likeness (QED) is 0.867. The Kier molecular flexibility index (Phi) is 2.81. The Morgan fingerprint density at radius 3 is 3.24 bits per heavy atom. The summed E-state index contributed by atoms with van der Waals surface area (Å²) in [5.74, 6) is 1.04. The Balaban J connectivity index is 1.80. The lowest BCUT2D eigenvalue weighted by Crippen LogP contribution is -2.30. The monoisotopic (exact) mass is 234 g/mol. The Labute approximate surface area is 99.0 Å². The number of nitrogens with one attached hydrogen (secondary N) is 1. The Hall–Kier alpha value is -1.42. The molecule has 2 aromatic rings. The topological polar surface area (TPSA) is 38.1 Å². The van der Waals surface area contributed by atoms with Crippen molar-refractivity contribution in [3.63, 3.8) is 0 Å². The van der Waals surface area contributed by atoms with Crippen LogP contribution in [-0.2, 0) is 6.42 Å². The van der Waals surface area contributed by atoms with Crippen molar-refractivity contribution in [2.24, 2.45) is 5.92 Å². The van der Waals surface area contributed by atoms with Crippen LogP contribution in [0.25, 0.3) is 11.1 Å². The first-order chi connectivity index (χ1) is 8.31. The lowest BCUT2D eigenvalue weighted by molar-refractivity contribution is 0.349. The van der Waals surface area contributed by atoms with Gasteiger partial charge in [-0.05, 0) is 44.0 Å². The largest absolute Gasteiger partial charge is 0.441 e. The van der Waals surface area contributed by atoms with Crippen molar-refractivity contribution in [2.45, 2.75) is 19.3 Å². The molecule has 1 unspecified atom stereocenters. The van der Waals surface area contributed by atoms with Crippen LogP contribution in [0.1, 0.15) is 18.7 Å². The van der Waals surface area contributed by atoms with E-state index in [4.69, 9.17) is 4.42 Å². The maximum atomic E-state index is 13.0. The minimum absolute atomic E-state index is 0.267. The lowest BCUT2D eigenvalue weighted by Gasteiger charge is -2.21. The fourth-order valence-electron chi connectivity index (χ4n) is 2.38. The van der Waals surface area contributed by atoms with E-state index in [0.717, 1.165) is 25.4 Å². The number of hydrogen-bond acceptors (Lipinski definition) is 3. The molecule has 1 fully saturated rings. The molecule has 0 bridgehead atoms. The van der Waals surface area contributed by atoms with Gasteiger partial charge in [0.25, 0.3) is 0 Å². The summed E-state index contributed by atoms with van der Waals surface area (Å²) in [4.78, 5) is 4.33. The highest BCUT2D eigenvalue weighted by Crippen LogP contribution is 2.21. The molecule has 0 aliphatic carbocycles. The van der Waals surface area contributed by atoms with Gasteiger partial charge in [0, 0.05) is 12.5 Å². The van der Waals surface area contributed by atoms with Crippen LogP contribution in [0.4, 0.5) is 4.39 Å². The summed E-state index contributed by atoms with van der Waals surface area (Å²) in [7, 11) is 0. The van der Waals surface area contributed by atoms with Gasteiger partial charge in [0.2, 0.25) is 0 Å². The molecule has 0 saturated carbocycles. The van der Waals surface area contributed by atoms with Gasteiger partial charge in [-0.25, -0.2) is 9.37 Å². The van der Waals surface area contributed by atoms with Crippen molar-refractivity contribution < 1.29 is 8.81 Å². The number of piperidine rings is 1. The van der Waals surface area contributed by atoms with Gasteiger partial charge in [0.15, 0.2) is 11.5 Å². The van der Waals surface area contributed by atoms with E-state index in [1.54, 1.807) is 6.07 Å². The fraction of sp³-hybridized carbons (Fsp3) is 0.462. The highest BCUT2D eigenvalue weighted by molar-refractivity contribution is 5.72. The first-order valence-electron chi connectivity index (χ1n) is 6.07. The molecule has 3 rings (SSSR count). The second-order valence-corrected chi connectivity index (χ2v) is 4.64. The molecule has 4 heteroatoms. The number of fused-ring (bicyclic) bond motifs is 1. The summed E-state index contributed by atoms with van der Waals surface area (Å²) < 4.78 is 18.6. The third kappa shape index (κ3) is 2.31. The zero-order valence-electron chi connectivity index (χ0n) is 9.58. The average Bonchev–Trinajstić information content (AvgIpc) is 2.71. The van der Waals surface area contributed by atoms with Gasteiger partial charge >= 0.3 is 0 Å². The number of aromatic nitrogens is 1. The second kappa shape index (κ2) is 4.45. The normalized spacial score (nSPS) is 20.9. The molecule has 1 N–H and O–H groups in total. The van der Waals surface area contributed by atoms with E-state index < -0.39 is 0 Å². The summed E-state index contributed by atoms with van der Waals surface area (Å²) in [5, 5.41) is 3.37. The number of nitrogens with zero attached hydrogens (tertiary/aromatic N) is 1. The zero-order chi connectivity index (χ0) is 11.7. The highest BCUT2D eigenvalue weighted by Gasteiger charge is 2.16. The molecule has 90 valence electrons. The van der Waals surface area contributed by atoms with Gasteiger partial charge in [-0.2, -0.15) is 0 Å². The SMILES string of the molecule is Fc1ccc2oc(CC3CCCNC3)nc2c1. The maximum Gasteiger partial charge on any atom is 0.195 e. The van der Waals surface area contributed by atoms with E-state index in [1.807, 2.05) is 0 Å². The molecule has 0 spiro atoms. The highest BCUT2D eigenvalue weighted by atomic mass is 19.1. The van der Waals surface area contributed by atoms with E-state index in [2.05, 4.69) is 10.3 Å². The van der Waals surface area contributed by atoms with E-state index in [1.165, 1.54) is 25.0 Å². The molecule has 17 heavy (non-hydrogen) atoms. The molecule has 1 aromatic carbocycles. The second-order valence-electron chi connectivity index (χ2n) is 4.64. The van der Waals surface area contributed by atoms with Gasteiger partial charge < -0.3 is 9.73 Å². The predicted molar refractivity (Wildman–Crippen MR) is 63.3 cm³/mol. The lowest BCUT2D eigenvalue weighted by atomic mass is 9.96. The van der Waals surface area contributed by atoms with Crippen LogP contribution < -0.4 is 5.32 Å².